The summed E-state index contributed by atoms with van der Waals surface area (Å²) in [6, 6.07) is 47.2. The summed E-state index contributed by atoms with van der Waals surface area (Å²) in [7, 11) is 0. The molecule has 0 aliphatic heterocycles. The molecule has 0 fully saturated rings. The van der Waals surface area contributed by atoms with Crippen LogP contribution >= 0.6 is 0 Å². The van der Waals surface area contributed by atoms with Gasteiger partial charge >= 0.3 is 0 Å². The van der Waals surface area contributed by atoms with E-state index in [1.165, 1.54) is 142 Å². The van der Waals surface area contributed by atoms with Gasteiger partial charge in [-0.2, -0.15) is 0 Å². The maximum absolute atomic E-state index is 2.52. The van der Waals surface area contributed by atoms with Gasteiger partial charge in [0.2, 0.25) is 0 Å². The molecule has 0 aliphatic carbocycles. The molecule has 0 amide bonds. The molecule has 0 heteroatoms. The van der Waals surface area contributed by atoms with E-state index in [4.69, 9.17) is 0 Å². The lowest BCUT2D eigenvalue weighted by Gasteiger charge is -2.13. The SMILES string of the molecule is Cc1cc(C)c(-c2ccc3c(c2)c2cc4c5cc6c7cc(-c8c(C)cc(C)cc8C)ccc7c7cccc(c5ccc4c4cccc3c42)c76)c(C)c1. The molecule has 0 radical (unpaired) electrons. The first-order valence-corrected chi connectivity index (χ1v) is 18.6. The summed E-state index contributed by atoms with van der Waals surface area (Å²) in [6.07, 6.45) is 0. The molecule has 0 nitrogen and oxygen atoms in total. The highest BCUT2D eigenvalue weighted by molar-refractivity contribution is 6.40. The zero-order valence-electron chi connectivity index (χ0n) is 30.5. The zero-order valence-corrected chi connectivity index (χ0v) is 30.5. The van der Waals surface area contributed by atoms with Gasteiger partial charge in [-0.15, -0.1) is 0 Å². The van der Waals surface area contributed by atoms with E-state index in [0.717, 1.165) is 0 Å². The van der Waals surface area contributed by atoms with E-state index in [9.17, 15) is 0 Å². The molecule has 0 aromatic heterocycles. The molecule has 0 heterocycles. The number of rotatable bonds is 2. The lowest BCUT2D eigenvalue weighted by Crippen LogP contribution is -1.90. The van der Waals surface area contributed by atoms with Crippen molar-refractivity contribution in [3.63, 3.8) is 0 Å². The average Bonchev–Trinajstić information content (AvgIpc) is 3.61. The molecular weight excluding hydrogens is 625 g/mol. The van der Waals surface area contributed by atoms with Crippen molar-refractivity contribution in [1.29, 1.82) is 0 Å². The van der Waals surface area contributed by atoms with E-state index >= 15 is 0 Å². The fourth-order valence-electron chi connectivity index (χ4n) is 10.4. The van der Waals surface area contributed by atoms with E-state index in [0.29, 0.717) is 0 Å². The normalized spacial score (nSPS) is 12.4. The molecule has 0 atom stereocenters. The summed E-state index contributed by atoms with van der Waals surface area (Å²) in [5.41, 5.74) is 13.3. The van der Waals surface area contributed by atoms with Gasteiger partial charge in [-0.05, 0) is 196 Å². The van der Waals surface area contributed by atoms with Crippen LogP contribution < -0.4 is 0 Å². The first kappa shape index (κ1) is 29.7. The molecule has 0 spiro atoms. The molecular formula is C52H38. The monoisotopic (exact) mass is 662 g/mol. The minimum Gasteiger partial charge on any atom is -0.0610 e. The zero-order chi connectivity index (χ0) is 35.2. The second-order valence-corrected chi connectivity index (χ2v) is 15.6. The molecule has 0 saturated heterocycles. The Morgan fingerprint density at radius 2 is 0.558 bits per heavy atom. The van der Waals surface area contributed by atoms with Crippen LogP contribution in [-0.2, 0) is 0 Å². The van der Waals surface area contributed by atoms with Gasteiger partial charge in [0.05, 0.1) is 0 Å². The fraction of sp³-hybridized carbons (Fsp3) is 0.115. The lowest BCUT2D eigenvalue weighted by molar-refractivity contribution is 1.32. The van der Waals surface area contributed by atoms with Crippen LogP contribution in [0.1, 0.15) is 33.4 Å². The third-order valence-corrected chi connectivity index (χ3v) is 12.2. The number of fused-ring (bicyclic) bond motifs is 11. The van der Waals surface area contributed by atoms with Crippen molar-refractivity contribution < 1.29 is 0 Å². The largest absolute Gasteiger partial charge is 0.0610 e. The molecule has 0 aliphatic rings. The second-order valence-electron chi connectivity index (χ2n) is 15.6. The van der Waals surface area contributed by atoms with Crippen molar-refractivity contribution in [1.82, 2.24) is 0 Å². The molecule has 0 bridgehead atoms. The Morgan fingerprint density at radius 1 is 0.250 bits per heavy atom. The van der Waals surface area contributed by atoms with Gasteiger partial charge in [-0.3, -0.25) is 0 Å². The smallest absolute Gasteiger partial charge is 0.00199 e. The second kappa shape index (κ2) is 10.3. The third kappa shape index (κ3) is 3.87. The molecule has 0 N–H and O–H groups in total. The Balaban J connectivity index is 1.25. The van der Waals surface area contributed by atoms with Gasteiger partial charge in [0.1, 0.15) is 0 Å². The Kier molecular flexibility index (Phi) is 5.89. The van der Waals surface area contributed by atoms with Crippen LogP contribution in [-0.4, -0.2) is 0 Å². The van der Waals surface area contributed by atoms with Gasteiger partial charge in [0, 0.05) is 0 Å². The summed E-state index contributed by atoms with van der Waals surface area (Å²) in [4.78, 5) is 0. The number of benzene rings is 9. The van der Waals surface area contributed by atoms with Crippen molar-refractivity contribution in [2.75, 3.05) is 0 Å². The highest BCUT2D eigenvalue weighted by Crippen LogP contribution is 2.48. The Morgan fingerprint density at radius 3 is 0.904 bits per heavy atom. The summed E-state index contributed by atoms with van der Waals surface area (Å²) in [5, 5.41) is 21.5. The fourth-order valence-corrected chi connectivity index (χ4v) is 10.4. The Bertz CT molecular complexity index is 3060. The molecule has 11 rings (SSSR count). The molecule has 246 valence electrons. The molecule has 11 aromatic carbocycles. The molecule has 11 aromatic rings. The molecule has 0 saturated carbocycles. The number of aryl methyl sites for hydroxylation is 6. The topological polar surface area (TPSA) is 0 Å². The van der Waals surface area contributed by atoms with Crippen LogP contribution in [0.4, 0.5) is 0 Å². The Labute approximate surface area is 303 Å². The highest BCUT2D eigenvalue weighted by atomic mass is 14.2. The van der Waals surface area contributed by atoms with Crippen molar-refractivity contribution in [3.8, 4) is 22.3 Å². The number of hydrogen-bond acceptors (Lipinski definition) is 0. The minimum absolute atomic E-state index is 1.30. The van der Waals surface area contributed by atoms with E-state index < -0.39 is 0 Å². The molecule has 0 unspecified atom stereocenters. The van der Waals surface area contributed by atoms with Crippen LogP contribution in [0.25, 0.3) is 108 Å². The molecule has 52 heavy (non-hydrogen) atoms. The van der Waals surface area contributed by atoms with Gasteiger partial charge in [0.25, 0.3) is 0 Å². The minimum atomic E-state index is 1.30. The van der Waals surface area contributed by atoms with Crippen molar-refractivity contribution in [3.05, 3.63) is 155 Å². The van der Waals surface area contributed by atoms with Gasteiger partial charge in [0.15, 0.2) is 0 Å². The summed E-state index contributed by atoms with van der Waals surface area (Å²) >= 11 is 0. The predicted octanol–water partition coefficient (Wildman–Crippen LogP) is 15.0. The van der Waals surface area contributed by atoms with Crippen LogP contribution in [0.5, 0.6) is 0 Å². The van der Waals surface area contributed by atoms with Crippen LogP contribution in [0.15, 0.2) is 121 Å². The van der Waals surface area contributed by atoms with E-state index in [1.54, 1.807) is 0 Å². The van der Waals surface area contributed by atoms with E-state index in [1.807, 2.05) is 0 Å². The van der Waals surface area contributed by atoms with Crippen molar-refractivity contribution in [2.24, 2.45) is 0 Å². The highest BCUT2D eigenvalue weighted by Gasteiger charge is 2.20. The first-order chi connectivity index (χ1) is 25.2. The summed E-state index contributed by atoms with van der Waals surface area (Å²) < 4.78 is 0. The van der Waals surface area contributed by atoms with Crippen LogP contribution in [0.2, 0.25) is 0 Å². The third-order valence-electron chi connectivity index (χ3n) is 12.2. The van der Waals surface area contributed by atoms with Gasteiger partial charge in [-0.25, -0.2) is 0 Å². The van der Waals surface area contributed by atoms with Crippen LogP contribution in [0.3, 0.4) is 0 Å². The standard InChI is InChI=1S/C52H38/c1-27-19-29(3)49(30(4)20-27)33-13-15-35-39-9-7-11-41-37-17-18-38-42-12-8-10-40-36-16-14-34(50-31(5)21-28(2)22-32(50)6)24-44(36)48(52(40)42)26-46(38)45(37)25-47(51(39)41)43(35)23-33/h7-26H,1-6H3. The van der Waals surface area contributed by atoms with E-state index in [2.05, 4.69) is 163 Å². The predicted molar refractivity (Wildman–Crippen MR) is 228 cm³/mol. The maximum atomic E-state index is 2.52. The van der Waals surface area contributed by atoms with E-state index in [-0.39, 0.29) is 0 Å². The van der Waals surface area contributed by atoms with Crippen molar-refractivity contribution in [2.45, 2.75) is 41.5 Å². The summed E-state index contributed by atoms with van der Waals surface area (Å²) in [5.74, 6) is 0. The first-order valence-electron chi connectivity index (χ1n) is 18.6. The maximum Gasteiger partial charge on any atom is -0.00199 e. The average molecular weight is 663 g/mol. The Hall–Kier alpha value is -5.98. The quantitative estimate of drug-likeness (QED) is 0.162. The summed E-state index contributed by atoms with van der Waals surface area (Å²) in [6.45, 7) is 13.4. The lowest BCUT2D eigenvalue weighted by atomic mass is 9.91. The van der Waals surface area contributed by atoms with Crippen molar-refractivity contribution >= 4 is 86.2 Å². The number of hydrogen-bond donors (Lipinski definition) is 0. The van der Waals surface area contributed by atoms with Gasteiger partial charge in [-0.1, -0.05) is 108 Å². The van der Waals surface area contributed by atoms with Gasteiger partial charge < -0.3 is 0 Å². The van der Waals surface area contributed by atoms with Crippen LogP contribution in [0, 0.1) is 41.5 Å².